The topological polar surface area (TPSA) is 35.9 Å². The van der Waals surface area contributed by atoms with Crippen molar-refractivity contribution < 1.29 is 9.84 Å². The number of rotatable bonds is 6. The van der Waals surface area contributed by atoms with Crippen molar-refractivity contribution in [3.8, 4) is 5.75 Å². The van der Waals surface area contributed by atoms with Gasteiger partial charge in [0.1, 0.15) is 5.75 Å². The molecule has 0 saturated carbocycles. The van der Waals surface area contributed by atoms with Crippen LogP contribution in [0.1, 0.15) is 23.7 Å². The Labute approximate surface area is 122 Å². The maximum Gasteiger partial charge on any atom is 0.119 e. The summed E-state index contributed by atoms with van der Waals surface area (Å²) in [7, 11) is 7.94. The van der Waals surface area contributed by atoms with Gasteiger partial charge in [-0.2, -0.15) is 0 Å². The van der Waals surface area contributed by atoms with Gasteiger partial charge in [-0.3, -0.25) is 0 Å². The van der Waals surface area contributed by atoms with Gasteiger partial charge in [-0.25, -0.2) is 0 Å². The summed E-state index contributed by atoms with van der Waals surface area (Å²) in [4.78, 5) is 4.47. The van der Waals surface area contributed by atoms with Gasteiger partial charge in [-0.15, -0.1) is 0 Å². The van der Waals surface area contributed by atoms with Crippen LogP contribution < -0.4 is 4.74 Å². The number of ether oxygens (including phenoxy) is 1. The van der Waals surface area contributed by atoms with Crippen molar-refractivity contribution in [1.29, 1.82) is 0 Å². The SMILES string of the molecule is COc1ccc2c(c1)C(O)C(N(C)CCCN(C)C)C2. The number of aliphatic hydroxyl groups excluding tert-OH is 1. The summed E-state index contributed by atoms with van der Waals surface area (Å²) < 4.78 is 5.24. The summed E-state index contributed by atoms with van der Waals surface area (Å²) in [5.74, 6) is 0.818. The quantitative estimate of drug-likeness (QED) is 0.856. The molecule has 112 valence electrons. The second kappa shape index (κ2) is 6.57. The number of fused-ring (bicyclic) bond motifs is 1. The first-order chi connectivity index (χ1) is 9.52. The Hall–Kier alpha value is -1.10. The molecule has 1 aliphatic carbocycles. The van der Waals surface area contributed by atoms with Crippen LogP contribution in [-0.4, -0.2) is 62.3 Å². The molecular weight excluding hydrogens is 252 g/mol. The average molecular weight is 278 g/mol. The van der Waals surface area contributed by atoms with E-state index in [1.807, 2.05) is 12.1 Å². The molecule has 1 aromatic rings. The zero-order valence-electron chi connectivity index (χ0n) is 13.0. The fourth-order valence-electron chi connectivity index (χ4n) is 2.90. The fourth-order valence-corrected chi connectivity index (χ4v) is 2.90. The van der Waals surface area contributed by atoms with E-state index in [1.54, 1.807) is 7.11 Å². The molecule has 2 rings (SSSR count). The third-order valence-corrected chi connectivity index (χ3v) is 4.15. The molecule has 4 nitrogen and oxygen atoms in total. The monoisotopic (exact) mass is 278 g/mol. The van der Waals surface area contributed by atoms with Crippen molar-refractivity contribution in [1.82, 2.24) is 9.80 Å². The van der Waals surface area contributed by atoms with E-state index in [0.717, 1.165) is 37.2 Å². The van der Waals surface area contributed by atoms with Crippen LogP contribution >= 0.6 is 0 Å². The van der Waals surface area contributed by atoms with E-state index in [2.05, 4.69) is 37.0 Å². The number of hydrogen-bond acceptors (Lipinski definition) is 4. The maximum absolute atomic E-state index is 10.5. The Morgan fingerprint density at radius 2 is 2.00 bits per heavy atom. The van der Waals surface area contributed by atoms with Crippen LogP contribution in [0.4, 0.5) is 0 Å². The maximum atomic E-state index is 10.5. The lowest BCUT2D eigenvalue weighted by atomic mass is 10.1. The molecular formula is C16H26N2O2. The molecule has 1 N–H and O–H groups in total. The predicted molar refractivity (Wildman–Crippen MR) is 81.2 cm³/mol. The minimum Gasteiger partial charge on any atom is -0.497 e. The number of aliphatic hydroxyl groups is 1. The first kappa shape index (κ1) is 15.3. The van der Waals surface area contributed by atoms with Gasteiger partial charge in [-0.1, -0.05) is 6.07 Å². The lowest BCUT2D eigenvalue weighted by molar-refractivity contribution is 0.0742. The molecule has 0 saturated heterocycles. The highest BCUT2D eigenvalue weighted by Crippen LogP contribution is 2.36. The molecule has 20 heavy (non-hydrogen) atoms. The minimum atomic E-state index is -0.413. The summed E-state index contributed by atoms with van der Waals surface area (Å²) >= 11 is 0. The van der Waals surface area contributed by atoms with Gasteiger partial charge in [0.15, 0.2) is 0 Å². The standard InChI is InChI=1S/C16H26N2O2/c1-17(2)8-5-9-18(3)15-10-12-6-7-13(20-4)11-14(12)16(15)19/h6-7,11,15-16,19H,5,8-10H2,1-4H3. The lowest BCUT2D eigenvalue weighted by Gasteiger charge is -2.27. The summed E-state index contributed by atoms with van der Waals surface area (Å²) in [6.45, 7) is 2.08. The van der Waals surface area contributed by atoms with E-state index in [4.69, 9.17) is 4.74 Å². The molecule has 2 atom stereocenters. The van der Waals surface area contributed by atoms with Gasteiger partial charge in [0.05, 0.1) is 13.2 Å². The van der Waals surface area contributed by atoms with Crippen molar-refractivity contribution in [2.75, 3.05) is 41.3 Å². The van der Waals surface area contributed by atoms with E-state index in [1.165, 1.54) is 5.56 Å². The highest BCUT2D eigenvalue weighted by Gasteiger charge is 2.33. The number of hydrogen-bond donors (Lipinski definition) is 1. The number of benzene rings is 1. The third-order valence-electron chi connectivity index (χ3n) is 4.15. The second-order valence-electron chi connectivity index (χ2n) is 5.92. The normalized spacial score (nSPS) is 21.6. The van der Waals surface area contributed by atoms with E-state index in [9.17, 15) is 5.11 Å². The zero-order valence-corrected chi connectivity index (χ0v) is 13.0. The van der Waals surface area contributed by atoms with Gasteiger partial charge in [0.2, 0.25) is 0 Å². The Morgan fingerprint density at radius 3 is 2.65 bits per heavy atom. The second-order valence-corrected chi connectivity index (χ2v) is 5.92. The molecule has 1 aliphatic rings. The van der Waals surface area contributed by atoms with Crippen LogP contribution in [0, 0.1) is 0 Å². The van der Waals surface area contributed by atoms with Crippen molar-refractivity contribution in [2.45, 2.75) is 25.0 Å². The highest BCUT2D eigenvalue weighted by molar-refractivity contribution is 5.41. The summed E-state index contributed by atoms with van der Waals surface area (Å²) in [6.07, 6.45) is 1.62. The van der Waals surface area contributed by atoms with Gasteiger partial charge < -0.3 is 19.6 Å². The summed E-state index contributed by atoms with van der Waals surface area (Å²) in [5.41, 5.74) is 2.26. The third kappa shape index (κ3) is 3.32. The van der Waals surface area contributed by atoms with Crippen molar-refractivity contribution in [2.24, 2.45) is 0 Å². The average Bonchev–Trinajstić information content (AvgIpc) is 2.75. The first-order valence-electron chi connectivity index (χ1n) is 7.22. The summed E-state index contributed by atoms with van der Waals surface area (Å²) in [6, 6.07) is 6.19. The van der Waals surface area contributed by atoms with Crippen LogP contribution in [0.2, 0.25) is 0 Å². The number of methoxy groups -OCH3 is 1. The van der Waals surface area contributed by atoms with Gasteiger partial charge >= 0.3 is 0 Å². The largest absolute Gasteiger partial charge is 0.497 e. The summed E-state index contributed by atoms with van der Waals surface area (Å²) in [5, 5.41) is 10.5. The lowest BCUT2D eigenvalue weighted by Crippen LogP contribution is -2.36. The smallest absolute Gasteiger partial charge is 0.119 e. The molecule has 0 radical (unpaired) electrons. The van der Waals surface area contributed by atoms with Crippen LogP contribution in [0.25, 0.3) is 0 Å². The number of nitrogens with zero attached hydrogens (tertiary/aromatic N) is 2. The molecule has 0 spiro atoms. The van der Waals surface area contributed by atoms with Crippen molar-refractivity contribution >= 4 is 0 Å². The van der Waals surface area contributed by atoms with Crippen LogP contribution in [0.5, 0.6) is 5.75 Å². The first-order valence-corrected chi connectivity index (χ1v) is 7.22. The minimum absolute atomic E-state index is 0.180. The van der Waals surface area contributed by atoms with Gasteiger partial charge in [0.25, 0.3) is 0 Å². The molecule has 1 aromatic carbocycles. The molecule has 0 fully saturated rings. The van der Waals surface area contributed by atoms with Crippen LogP contribution in [0.3, 0.4) is 0 Å². The van der Waals surface area contributed by atoms with Crippen molar-refractivity contribution in [3.05, 3.63) is 29.3 Å². The Bertz CT molecular complexity index is 448. The van der Waals surface area contributed by atoms with E-state index < -0.39 is 6.10 Å². The molecule has 0 aromatic heterocycles. The van der Waals surface area contributed by atoms with Crippen molar-refractivity contribution in [3.63, 3.8) is 0 Å². The fraction of sp³-hybridized carbons (Fsp3) is 0.625. The predicted octanol–water partition coefficient (Wildman–Crippen LogP) is 1.54. The van der Waals surface area contributed by atoms with E-state index >= 15 is 0 Å². The molecule has 0 bridgehead atoms. The molecule has 0 aliphatic heterocycles. The zero-order chi connectivity index (χ0) is 14.7. The van der Waals surface area contributed by atoms with E-state index in [-0.39, 0.29) is 6.04 Å². The van der Waals surface area contributed by atoms with Gasteiger partial charge in [-0.05, 0) is 70.3 Å². The van der Waals surface area contributed by atoms with Gasteiger partial charge in [0, 0.05) is 6.04 Å². The van der Waals surface area contributed by atoms with Crippen LogP contribution in [-0.2, 0) is 6.42 Å². The number of likely N-dealkylation sites (N-methyl/N-ethyl adjacent to an activating group) is 1. The molecule has 2 unspecified atom stereocenters. The van der Waals surface area contributed by atoms with E-state index in [0.29, 0.717) is 0 Å². The highest BCUT2D eigenvalue weighted by atomic mass is 16.5. The Morgan fingerprint density at radius 1 is 1.25 bits per heavy atom. The Kier molecular flexibility index (Phi) is 5.02. The molecule has 4 heteroatoms. The van der Waals surface area contributed by atoms with Crippen LogP contribution in [0.15, 0.2) is 18.2 Å². The molecule has 0 amide bonds. The molecule has 0 heterocycles. The Balaban J connectivity index is 1.99.